The fourth-order valence-electron chi connectivity index (χ4n) is 10.4. The van der Waals surface area contributed by atoms with Crippen molar-refractivity contribution in [2.24, 2.45) is 0 Å². The molecule has 0 aliphatic carbocycles. The minimum atomic E-state index is 1.14. The van der Waals surface area contributed by atoms with Crippen molar-refractivity contribution in [3.05, 3.63) is 267 Å². The van der Waals surface area contributed by atoms with Crippen LogP contribution in [0.2, 0.25) is 0 Å². The maximum atomic E-state index is 2.42. The summed E-state index contributed by atoms with van der Waals surface area (Å²) in [5.41, 5.74) is 21.6. The molecule has 68 heavy (non-hydrogen) atoms. The highest BCUT2D eigenvalue weighted by Gasteiger charge is 2.17. The largest absolute Gasteiger partial charge is 0.309 e. The van der Waals surface area contributed by atoms with Gasteiger partial charge in [0.05, 0.1) is 22.1 Å². The Hall–Kier alpha value is -8.98. The van der Waals surface area contributed by atoms with Gasteiger partial charge in [-0.05, 0) is 146 Å². The molecule has 0 bridgehead atoms. The topological polar surface area (TPSA) is 9.86 Å². The third-order valence-corrected chi connectivity index (χ3v) is 13.7. The highest BCUT2D eigenvalue weighted by Crippen LogP contribution is 2.39. The molecular weight excluding hydrogens is 821 g/mol. The summed E-state index contributed by atoms with van der Waals surface area (Å²) in [6, 6.07) is 97.3. The summed E-state index contributed by atoms with van der Waals surface area (Å²) in [4.78, 5) is 0. The van der Waals surface area contributed by atoms with Crippen LogP contribution in [-0.2, 0) is 0 Å². The van der Waals surface area contributed by atoms with Crippen LogP contribution in [0.4, 0.5) is 0 Å². The molecule has 0 saturated heterocycles. The van der Waals surface area contributed by atoms with Gasteiger partial charge in [-0.2, -0.15) is 0 Å². The van der Waals surface area contributed by atoms with Gasteiger partial charge in [0, 0.05) is 32.9 Å². The van der Waals surface area contributed by atoms with E-state index in [-0.39, 0.29) is 0 Å². The Balaban J connectivity index is 0.811. The summed E-state index contributed by atoms with van der Waals surface area (Å²) < 4.78 is 4.80. The Labute approximate surface area is 395 Å². The van der Waals surface area contributed by atoms with Gasteiger partial charge >= 0.3 is 0 Å². The monoisotopic (exact) mass is 864 g/mol. The van der Waals surface area contributed by atoms with Crippen molar-refractivity contribution in [1.29, 1.82) is 0 Å². The van der Waals surface area contributed by atoms with E-state index in [1.807, 2.05) is 0 Å². The first-order valence-electron chi connectivity index (χ1n) is 23.4. The molecule has 0 aliphatic rings. The number of rotatable bonds is 8. The molecule has 2 heterocycles. The van der Waals surface area contributed by atoms with Crippen LogP contribution in [0.15, 0.2) is 267 Å². The quantitative estimate of drug-likeness (QED) is 0.144. The lowest BCUT2D eigenvalue weighted by Crippen LogP contribution is -1.94. The molecule has 318 valence electrons. The third-order valence-electron chi connectivity index (χ3n) is 13.7. The van der Waals surface area contributed by atoms with Crippen LogP contribution >= 0.6 is 0 Å². The summed E-state index contributed by atoms with van der Waals surface area (Å²) in [6.07, 6.45) is 0. The second-order valence-corrected chi connectivity index (χ2v) is 17.7. The number of fused-ring (bicyclic) bond motifs is 6. The van der Waals surface area contributed by atoms with Crippen molar-refractivity contribution in [2.45, 2.75) is 0 Å². The van der Waals surface area contributed by atoms with Crippen molar-refractivity contribution in [2.75, 3.05) is 0 Å². The Bertz CT molecular complexity index is 4000. The molecule has 0 aliphatic heterocycles. The molecule has 2 aromatic heterocycles. The fraction of sp³-hybridized carbons (Fsp3) is 0. The minimum absolute atomic E-state index is 1.14. The zero-order chi connectivity index (χ0) is 45.0. The molecule has 0 radical (unpaired) electrons. The van der Waals surface area contributed by atoms with Crippen LogP contribution in [0.5, 0.6) is 0 Å². The normalized spacial score (nSPS) is 11.5. The highest BCUT2D eigenvalue weighted by molar-refractivity contribution is 6.12. The molecule has 13 aromatic rings. The van der Waals surface area contributed by atoms with Gasteiger partial charge in [0.25, 0.3) is 0 Å². The van der Waals surface area contributed by atoms with Crippen LogP contribution in [0.3, 0.4) is 0 Å². The molecular formula is C66H44N2. The van der Waals surface area contributed by atoms with E-state index < -0.39 is 0 Å². The Morgan fingerprint density at radius 1 is 0.162 bits per heavy atom. The van der Waals surface area contributed by atoms with E-state index in [0.29, 0.717) is 0 Å². The number of hydrogen-bond acceptors (Lipinski definition) is 0. The molecule has 0 spiro atoms. The summed E-state index contributed by atoms with van der Waals surface area (Å²) in [6.45, 7) is 0. The van der Waals surface area contributed by atoms with E-state index in [4.69, 9.17) is 0 Å². The van der Waals surface area contributed by atoms with Crippen LogP contribution in [-0.4, -0.2) is 9.13 Å². The molecule has 0 saturated carbocycles. The van der Waals surface area contributed by atoms with Gasteiger partial charge in [-0.3, -0.25) is 0 Å². The van der Waals surface area contributed by atoms with E-state index >= 15 is 0 Å². The lowest BCUT2D eigenvalue weighted by molar-refractivity contribution is 1.18. The maximum absolute atomic E-state index is 2.42. The van der Waals surface area contributed by atoms with E-state index in [1.54, 1.807) is 0 Å². The lowest BCUT2D eigenvalue weighted by atomic mass is 9.95. The van der Waals surface area contributed by atoms with Gasteiger partial charge in [0.15, 0.2) is 0 Å². The second-order valence-electron chi connectivity index (χ2n) is 17.7. The first-order valence-corrected chi connectivity index (χ1v) is 23.4. The van der Waals surface area contributed by atoms with Crippen molar-refractivity contribution in [3.63, 3.8) is 0 Å². The molecule has 11 aromatic carbocycles. The van der Waals surface area contributed by atoms with Crippen LogP contribution < -0.4 is 0 Å². The number of nitrogens with zero attached hydrogens (tertiary/aromatic N) is 2. The van der Waals surface area contributed by atoms with Crippen molar-refractivity contribution in [1.82, 2.24) is 9.13 Å². The Morgan fingerprint density at radius 2 is 0.456 bits per heavy atom. The van der Waals surface area contributed by atoms with Gasteiger partial charge in [-0.25, -0.2) is 0 Å². The van der Waals surface area contributed by atoms with E-state index in [9.17, 15) is 0 Å². The molecule has 0 fully saturated rings. The van der Waals surface area contributed by atoms with Gasteiger partial charge in [0.1, 0.15) is 0 Å². The number of para-hydroxylation sites is 3. The van der Waals surface area contributed by atoms with Crippen LogP contribution in [0.25, 0.3) is 122 Å². The zero-order valence-electron chi connectivity index (χ0n) is 37.3. The van der Waals surface area contributed by atoms with Gasteiger partial charge in [0.2, 0.25) is 0 Å². The Kier molecular flexibility index (Phi) is 9.54. The second kappa shape index (κ2) is 16.5. The van der Waals surface area contributed by atoms with Gasteiger partial charge in [-0.1, -0.05) is 188 Å². The molecule has 2 heteroatoms. The number of aromatic nitrogens is 2. The number of benzene rings is 11. The van der Waals surface area contributed by atoms with E-state index in [2.05, 4.69) is 276 Å². The summed E-state index contributed by atoms with van der Waals surface area (Å²) >= 11 is 0. The molecule has 2 nitrogen and oxygen atoms in total. The molecule has 0 atom stereocenters. The fourth-order valence-corrected chi connectivity index (χ4v) is 10.4. The summed E-state index contributed by atoms with van der Waals surface area (Å²) in [5, 5.41) is 4.99. The van der Waals surface area contributed by atoms with Crippen LogP contribution in [0.1, 0.15) is 0 Å². The lowest BCUT2D eigenvalue weighted by Gasteiger charge is -2.12. The minimum Gasteiger partial charge on any atom is -0.309 e. The standard InChI is InChI=1S/C66H44N2/c1-3-15-45(16-4-1)48-17-11-20-51(39-48)52-21-12-18-49(40-52)46-31-33-47(34-32-46)50-19-13-22-53(41-50)54-23-14-26-58(42-54)68-64-30-10-8-28-60(64)62-44-56(36-38-66(62)68)55-35-37-65-61(43-55)59-27-7-9-29-63(59)67(65)57-24-5-2-6-25-57/h1-44H. The van der Waals surface area contributed by atoms with Gasteiger partial charge in [-0.15, -0.1) is 0 Å². The smallest absolute Gasteiger partial charge is 0.0541 e. The van der Waals surface area contributed by atoms with E-state index in [1.165, 1.54) is 116 Å². The average Bonchev–Trinajstić information content (AvgIpc) is 3.94. The van der Waals surface area contributed by atoms with Crippen molar-refractivity contribution >= 4 is 43.6 Å². The van der Waals surface area contributed by atoms with Crippen LogP contribution in [0, 0.1) is 0 Å². The predicted octanol–water partition coefficient (Wildman–Crippen LogP) is 17.9. The van der Waals surface area contributed by atoms with Crippen molar-refractivity contribution in [3.8, 4) is 78.1 Å². The molecule has 0 amide bonds. The molecule has 13 rings (SSSR count). The Morgan fingerprint density at radius 3 is 0.941 bits per heavy atom. The molecule has 0 unspecified atom stereocenters. The summed E-state index contributed by atoms with van der Waals surface area (Å²) in [7, 11) is 0. The van der Waals surface area contributed by atoms with E-state index in [0.717, 1.165) is 5.69 Å². The predicted molar refractivity (Wildman–Crippen MR) is 288 cm³/mol. The maximum Gasteiger partial charge on any atom is 0.0541 e. The third kappa shape index (κ3) is 6.90. The zero-order valence-corrected chi connectivity index (χ0v) is 37.3. The first-order chi connectivity index (χ1) is 33.7. The highest BCUT2D eigenvalue weighted by atomic mass is 15.0. The molecule has 0 N–H and O–H groups in total. The SMILES string of the molecule is c1ccc(-c2cccc(-c3cccc(-c4ccc(-c5cccc(-c6cccc(-n7c8ccccc8c8cc(-c9ccc%10c(c9)c9ccccc9n%10-c9ccccc9)ccc87)c6)c5)cc4)c3)c2)cc1. The first kappa shape index (κ1) is 39.4. The number of hydrogen-bond donors (Lipinski definition) is 0. The van der Waals surface area contributed by atoms with Gasteiger partial charge < -0.3 is 9.13 Å². The average molecular weight is 865 g/mol. The van der Waals surface area contributed by atoms with Crippen molar-refractivity contribution < 1.29 is 0 Å². The summed E-state index contributed by atoms with van der Waals surface area (Å²) in [5.74, 6) is 0.